The highest BCUT2D eigenvalue weighted by Crippen LogP contribution is 2.26. The quantitative estimate of drug-likeness (QED) is 0.586. The van der Waals surface area contributed by atoms with E-state index in [9.17, 15) is 17.6 Å². The van der Waals surface area contributed by atoms with E-state index in [1.807, 2.05) is 6.92 Å². The molecule has 0 bridgehead atoms. The van der Waals surface area contributed by atoms with Gasteiger partial charge in [-0.15, -0.1) is 5.10 Å². The third-order valence-electron chi connectivity index (χ3n) is 5.67. The number of rotatable bonds is 7. The van der Waals surface area contributed by atoms with Crippen LogP contribution in [-0.2, 0) is 27.9 Å². The molecule has 8 nitrogen and oxygen atoms in total. The molecular weight excluding hydrogens is 433 g/mol. The second-order valence-electron chi connectivity index (χ2n) is 8.01. The van der Waals surface area contributed by atoms with Crippen molar-refractivity contribution in [1.29, 1.82) is 0 Å². The minimum atomic E-state index is -3.77. The van der Waals surface area contributed by atoms with E-state index in [1.165, 1.54) is 22.5 Å². The molecule has 2 heterocycles. The Morgan fingerprint density at radius 2 is 2.09 bits per heavy atom. The average Bonchev–Trinajstić information content (AvgIpc) is 3.20. The van der Waals surface area contributed by atoms with Gasteiger partial charge in [0.2, 0.25) is 15.9 Å². The number of benzene rings is 2. The minimum Gasteiger partial charge on any atom is -0.352 e. The number of halogens is 1. The number of nitrogens with one attached hydrogen (secondary N) is 1. The highest BCUT2D eigenvalue weighted by atomic mass is 32.2. The maximum absolute atomic E-state index is 13.3. The fourth-order valence-corrected chi connectivity index (χ4v) is 5.54. The maximum atomic E-state index is 13.3. The van der Waals surface area contributed by atoms with Gasteiger partial charge in [-0.3, -0.25) is 4.79 Å². The number of aromatic nitrogens is 3. The molecule has 0 radical (unpaired) electrons. The molecule has 0 spiro atoms. The van der Waals surface area contributed by atoms with E-state index in [1.54, 1.807) is 28.9 Å². The van der Waals surface area contributed by atoms with Gasteiger partial charge in [0, 0.05) is 26.2 Å². The molecule has 1 atom stereocenters. The monoisotopic (exact) mass is 459 g/mol. The van der Waals surface area contributed by atoms with Gasteiger partial charge in [-0.05, 0) is 55.2 Å². The first-order chi connectivity index (χ1) is 15.4. The van der Waals surface area contributed by atoms with Crippen molar-refractivity contribution in [1.82, 2.24) is 24.6 Å². The van der Waals surface area contributed by atoms with Crippen LogP contribution in [0.2, 0.25) is 0 Å². The molecule has 1 N–H and O–H groups in total. The summed E-state index contributed by atoms with van der Waals surface area (Å²) in [5, 5.41) is 11.0. The number of amides is 1. The number of carbonyl (C=O) groups is 1. The van der Waals surface area contributed by atoms with Crippen molar-refractivity contribution in [2.45, 2.75) is 44.2 Å². The maximum Gasteiger partial charge on any atom is 0.243 e. The molecule has 170 valence electrons. The lowest BCUT2D eigenvalue weighted by molar-refractivity contribution is -0.126. The topological polar surface area (TPSA) is 97.2 Å². The molecule has 1 amide bonds. The van der Waals surface area contributed by atoms with Crippen LogP contribution in [0.4, 0.5) is 4.39 Å². The number of sulfonamides is 1. The van der Waals surface area contributed by atoms with Crippen molar-refractivity contribution in [3.63, 3.8) is 0 Å². The number of piperidine rings is 1. The van der Waals surface area contributed by atoms with Crippen LogP contribution in [0.5, 0.6) is 0 Å². The zero-order valence-corrected chi connectivity index (χ0v) is 18.7. The highest BCUT2D eigenvalue weighted by Gasteiger charge is 2.33. The lowest BCUT2D eigenvalue weighted by Crippen LogP contribution is -2.45. The predicted molar refractivity (Wildman–Crippen MR) is 118 cm³/mol. The predicted octanol–water partition coefficient (Wildman–Crippen LogP) is 2.70. The number of hydrogen-bond donors (Lipinski definition) is 1. The Labute approximate surface area is 186 Å². The Hall–Kier alpha value is -2.85. The van der Waals surface area contributed by atoms with Crippen molar-refractivity contribution >= 4 is 27.0 Å². The summed E-state index contributed by atoms with van der Waals surface area (Å²) in [5.41, 5.74) is 1.98. The van der Waals surface area contributed by atoms with Crippen molar-refractivity contribution in [2.24, 2.45) is 5.92 Å². The molecule has 3 aromatic rings. The Bertz CT molecular complexity index is 1230. The zero-order valence-electron chi connectivity index (χ0n) is 17.9. The summed E-state index contributed by atoms with van der Waals surface area (Å²) in [6, 6.07) is 10.9. The molecule has 1 aliphatic heterocycles. The first kappa shape index (κ1) is 22.3. The summed E-state index contributed by atoms with van der Waals surface area (Å²) in [5.74, 6) is -1.05. The van der Waals surface area contributed by atoms with Crippen molar-refractivity contribution in [3.05, 3.63) is 53.8 Å². The lowest BCUT2D eigenvalue weighted by atomic mass is 9.99. The SMILES string of the molecule is CCCn1nnc2cc(S(=O)(=O)N3CCC[C@H](C(=O)NCc4cccc(F)c4)C3)ccc21. The molecule has 2 aromatic carbocycles. The largest absolute Gasteiger partial charge is 0.352 e. The van der Waals surface area contributed by atoms with E-state index in [4.69, 9.17) is 0 Å². The van der Waals surface area contributed by atoms with Gasteiger partial charge in [-0.1, -0.05) is 24.3 Å². The zero-order chi connectivity index (χ0) is 22.7. The van der Waals surface area contributed by atoms with Crippen LogP contribution < -0.4 is 5.32 Å². The Kier molecular flexibility index (Phi) is 6.52. The minimum absolute atomic E-state index is 0.109. The number of fused-ring (bicyclic) bond motifs is 1. The molecule has 32 heavy (non-hydrogen) atoms. The molecule has 0 aliphatic carbocycles. The van der Waals surface area contributed by atoms with Crippen LogP contribution >= 0.6 is 0 Å². The Morgan fingerprint density at radius 1 is 1.25 bits per heavy atom. The summed E-state index contributed by atoms with van der Waals surface area (Å²) in [4.78, 5) is 12.8. The van der Waals surface area contributed by atoms with Crippen LogP contribution in [0.15, 0.2) is 47.4 Å². The van der Waals surface area contributed by atoms with Crippen LogP contribution in [0.3, 0.4) is 0 Å². The Morgan fingerprint density at radius 3 is 2.88 bits per heavy atom. The van der Waals surface area contributed by atoms with Gasteiger partial charge in [0.15, 0.2) is 0 Å². The van der Waals surface area contributed by atoms with Gasteiger partial charge in [-0.2, -0.15) is 4.31 Å². The van der Waals surface area contributed by atoms with Gasteiger partial charge in [0.1, 0.15) is 11.3 Å². The number of nitrogens with zero attached hydrogens (tertiary/aromatic N) is 4. The molecule has 10 heteroatoms. The first-order valence-corrected chi connectivity index (χ1v) is 12.2. The molecule has 1 aromatic heterocycles. The molecule has 1 aliphatic rings. The smallest absolute Gasteiger partial charge is 0.243 e. The van der Waals surface area contributed by atoms with Gasteiger partial charge in [-0.25, -0.2) is 17.5 Å². The van der Waals surface area contributed by atoms with Gasteiger partial charge >= 0.3 is 0 Å². The highest BCUT2D eigenvalue weighted by molar-refractivity contribution is 7.89. The van der Waals surface area contributed by atoms with E-state index in [2.05, 4.69) is 15.6 Å². The van der Waals surface area contributed by atoms with Crippen LogP contribution in [-0.4, -0.2) is 46.7 Å². The number of hydrogen-bond acceptors (Lipinski definition) is 5. The summed E-state index contributed by atoms with van der Waals surface area (Å²) >= 11 is 0. The Balaban J connectivity index is 1.45. The van der Waals surface area contributed by atoms with E-state index in [0.717, 1.165) is 11.9 Å². The van der Waals surface area contributed by atoms with E-state index in [0.29, 0.717) is 37.0 Å². The summed E-state index contributed by atoms with van der Waals surface area (Å²) in [7, 11) is -3.77. The summed E-state index contributed by atoms with van der Waals surface area (Å²) < 4.78 is 42.9. The number of carbonyl (C=O) groups excluding carboxylic acids is 1. The van der Waals surface area contributed by atoms with E-state index >= 15 is 0 Å². The van der Waals surface area contributed by atoms with Gasteiger partial charge in [0.25, 0.3) is 0 Å². The third kappa shape index (κ3) is 4.66. The van der Waals surface area contributed by atoms with Crippen molar-refractivity contribution in [2.75, 3.05) is 13.1 Å². The fourth-order valence-electron chi connectivity index (χ4n) is 3.99. The van der Waals surface area contributed by atoms with Crippen molar-refractivity contribution in [3.8, 4) is 0 Å². The molecule has 0 saturated carbocycles. The molecule has 1 fully saturated rings. The second kappa shape index (κ2) is 9.33. The standard InChI is InChI=1S/C22H26FN5O3S/c1-2-10-28-21-9-8-19(13-20(21)25-26-28)32(30,31)27-11-4-6-17(15-27)22(29)24-14-16-5-3-7-18(23)12-16/h3,5,7-9,12-13,17H,2,4,6,10-11,14-15H2,1H3,(H,24,29)/t17-/m0/s1. The third-order valence-corrected chi connectivity index (χ3v) is 7.53. The second-order valence-corrected chi connectivity index (χ2v) is 9.95. The van der Waals surface area contributed by atoms with Crippen molar-refractivity contribution < 1.29 is 17.6 Å². The number of aryl methyl sites for hydroxylation is 1. The molecule has 0 unspecified atom stereocenters. The molecular formula is C22H26FN5O3S. The van der Waals surface area contributed by atoms with E-state index in [-0.39, 0.29) is 29.7 Å². The summed E-state index contributed by atoms with van der Waals surface area (Å²) in [6.45, 7) is 3.41. The molecule has 1 saturated heterocycles. The first-order valence-electron chi connectivity index (χ1n) is 10.7. The average molecular weight is 460 g/mol. The van der Waals surface area contributed by atoms with Gasteiger partial charge in [0.05, 0.1) is 16.3 Å². The van der Waals surface area contributed by atoms with E-state index < -0.39 is 15.9 Å². The van der Waals surface area contributed by atoms with Crippen LogP contribution in [0, 0.1) is 11.7 Å². The lowest BCUT2D eigenvalue weighted by Gasteiger charge is -2.31. The molecule has 4 rings (SSSR count). The normalized spacial score (nSPS) is 17.5. The summed E-state index contributed by atoms with van der Waals surface area (Å²) in [6.07, 6.45) is 2.09. The van der Waals surface area contributed by atoms with Crippen LogP contribution in [0.25, 0.3) is 11.0 Å². The van der Waals surface area contributed by atoms with Gasteiger partial charge < -0.3 is 5.32 Å². The van der Waals surface area contributed by atoms with Crippen LogP contribution in [0.1, 0.15) is 31.7 Å². The fraction of sp³-hybridized carbons (Fsp3) is 0.409.